The van der Waals surface area contributed by atoms with E-state index in [0.29, 0.717) is 11.7 Å². The average molecular weight is 236 g/mol. The van der Waals surface area contributed by atoms with Gasteiger partial charge in [-0.15, -0.1) is 0 Å². The van der Waals surface area contributed by atoms with Crippen molar-refractivity contribution in [3.8, 4) is 17.3 Å². The van der Waals surface area contributed by atoms with Crippen molar-refractivity contribution in [3.63, 3.8) is 0 Å². The predicted molar refractivity (Wildman–Crippen MR) is 68.2 cm³/mol. The van der Waals surface area contributed by atoms with Crippen LogP contribution in [0.15, 0.2) is 42.7 Å². The van der Waals surface area contributed by atoms with Crippen LogP contribution in [0.4, 0.5) is 0 Å². The highest BCUT2D eigenvalue weighted by Gasteiger charge is 2.14. The van der Waals surface area contributed by atoms with Crippen molar-refractivity contribution in [2.24, 2.45) is 0 Å². The molecule has 0 amide bonds. The van der Waals surface area contributed by atoms with Gasteiger partial charge in [0.05, 0.1) is 12.7 Å². The van der Waals surface area contributed by atoms with Gasteiger partial charge >= 0.3 is 0 Å². The molecule has 0 aliphatic carbocycles. The molecule has 1 aromatic carbocycles. The first-order valence-electron chi connectivity index (χ1n) is 5.52. The second kappa shape index (κ2) is 4.41. The third kappa shape index (κ3) is 1.68. The van der Waals surface area contributed by atoms with Crippen molar-refractivity contribution in [2.75, 3.05) is 7.11 Å². The smallest absolute Gasteiger partial charge is 0.225 e. The minimum Gasteiger partial charge on any atom is -0.480 e. The van der Waals surface area contributed by atoms with Gasteiger partial charge in [-0.3, -0.25) is 0 Å². The molecule has 0 spiro atoms. The summed E-state index contributed by atoms with van der Waals surface area (Å²) in [5, 5.41) is 1.90. The molecule has 3 rings (SSSR count). The van der Waals surface area contributed by atoms with E-state index in [1.807, 2.05) is 24.3 Å². The maximum Gasteiger partial charge on any atom is 0.225 e. The number of pyridine rings is 1. The Kier molecular flexibility index (Phi) is 2.61. The molecule has 0 saturated carbocycles. The second-order valence-corrected chi connectivity index (χ2v) is 3.73. The standard InChI is InChI=1S/C14H10N3O/c1-18-14-12(13-15-7-4-8-16-13)11-6-3-2-5-10(11)9-17-14/h2-8H,1H3. The van der Waals surface area contributed by atoms with Gasteiger partial charge in [0.1, 0.15) is 6.20 Å². The van der Waals surface area contributed by atoms with Crippen molar-refractivity contribution in [1.82, 2.24) is 15.0 Å². The fourth-order valence-electron chi connectivity index (χ4n) is 1.87. The Morgan fingerprint density at radius 2 is 1.83 bits per heavy atom. The number of rotatable bonds is 2. The first kappa shape index (κ1) is 10.7. The number of fused-ring (bicyclic) bond motifs is 1. The largest absolute Gasteiger partial charge is 0.480 e. The summed E-state index contributed by atoms with van der Waals surface area (Å²) in [5.41, 5.74) is 0.799. The van der Waals surface area contributed by atoms with E-state index in [1.165, 1.54) is 0 Å². The lowest BCUT2D eigenvalue weighted by Gasteiger charge is -2.08. The Morgan fingerprint density at radius 1 is 1.06 bits per heavy atom. The molecule has 0 fully saturated rings. The quantitative estimate of drug-likeness (QED) is 0.686. The Balaban J connectivity index is 2.38. The molecule has 0 atom stereocenters. The van der Waals surface area contributed by atoms with E-state index >= 15 is 0 Å². The molecule has 0 unspecified atom stereocenters. The third-order valence-corrected chi connectivity index (χ3v) is 2.67. The van der Waals surface area contributed by atoms with Gasteiger partial charge in [0, 0.05) is 23.2 Å². The lowest BCUT2D eigenvalue weighted by atomic mass is 10.1. The van der Waals surface area contributed by atoms with Crippen LogP contribution in [0.1, 0.15) is 0 Å². The molecule has 0 N–H and O–H groups in total. The van der Waals surface area contributed by atoms with Gasteiger partial charge < -0.3 is 4.74 Å². The first-order valence-corrected chi connectivity index (χ1v) is 5.52. The summed E-state index contributed by atoms with van der Waals surface area (Å²) in [6, 6.07) is 9.63. The average Bonchev–Trinajstić information content (AvgIpc) is 2.47. The lowest BCUT2D eigenvalue weighted by molar-refractivity contribution is 0.400. The molecular formula is C14H10N3O. The molecule has 4 heteroatoms. The Morgan fingerprint density at radius 3 is 2.61 bits per heavy atom. The molecule has 2 aromatic heterocycles. The van der Waals surface area contributed by atoms with E-state index in [1.54, 1.807) is 25.6 Å². The number of methoxy groups -OCH3 is 1. The van der Waals surface area contributed by atoms with Crippen LogP contribution in [0.5, 0.6) is 5.88 Å². The van der Waals surface area contributed by atoms with Crippen LogP contribution in [0.2, 0.25) is 0 Å². The normalized spacial score (nSPS) is 10.5. The summed E-state index contributed by atoms with van der Waals surface area (Å²) in [6.45, 7) is 0. The summed E-state index contributed by atoms with van der Waals surface area (Å²) >= 11 is 0. The molecular weight excluding hydrogens is 226 g/mol. The molecule has 87 valence electrons. The highest BCUT2D eigenvalue weighted by Crippen LogP contribution is 2.32. The number of ether oxygens (including phenoxy) is 1. The fraction of sp³-hybridized carbons (Fsp3) is 0.0714. The SMILES string of the molecule is COc1n[c]c2ccccc2c1-c1ncccn1. The van der Waals surface area contributed by atoms with E-state index < -0.39 is 0 Å². The summed E-state index contributed by atoms with van der Waals surface area (Å²) < 4.78 is 5.29. The minimum atomic E-state index is 0.486. The fourth-order valence-corrected chi connectivity index (χ4v) is 1.87. The van der Waals surface area contributed by atoms with Crippen molar-refractivity contribution in [1.29, 1.82) is 0 Å². The van der Waals surface area contributed by atoms with Crippen LogP contribution in [-0.2, 0) is 0 Å². The Bertz CT molecular complexity index is 683. The Hall–Kier alpha value is -2.49. The second-order valence-electron chi connectivity index (χ2n) is 3.73. The third-order valence-electron chi connectivity index (χ3n) is 2.67. The van der Waals surface area contributed by atoms with Gasteiger partial charge in [0.25, 0.3) is 0 Å². The molecule has 3 aromatic rings. The number of hydrogen-bond acceptors (Lipinski definition) is 4. The highest BCUT2D eigenvalue weighted by molar-refractivity contribution is 5.96. The van der Waals surface area contributed by atoms with Gasteiger partial charge in [0.2, 0.25) is 5.88 Å². The molecule has 1 radical (unpaired) electrons. The Labute approximate surface area is 104 Å². The van der Waals surface area contributed by atoms with Crippen molar-refractivity contribution < 1.29 is 4.74 Å². The van der Waals surface area contributed by atoms with Crippen LogP contribution in [0.25, 0.3) is 22.2 Å². The van der Waals surface area contributed by atoms with Crippen LogP contribution in [-0.4, -0.2) is 22.1 Å². The zero-order valence-electron chi connectivity index (χ0n) is 9.79. The molecule has 0 saturated heterocycles. The van der Waals surface area contributed by atoms with Gasteiger partial charge in [-0.2, -0.15) is 0 Å². The summed E-state index contributed by atoms with van der Waals surface area (Å²) in [7, 11) is 1.58. The van der Waals surface area contributed by atoms with Crippen LogP contribution in [0, 0.1) is 6.20 Å². The summed E-state index contributed by atoms with van der Waals surface area (Å²) in [6.07, 6.45) is 6.35. The molecule has 4 nitrogen and oxygen atoms in total. The minimum absolute atomic E-state index is 0.486. The van der Waals surface area contributed by atoms with E-state index in [9.17, 15) is 0 Å². The van der Waals surface area contributed by atoms with Crippen LogP contribution in [0.3, 0.4) is 0 Å². The zero-order valence-corrected chi connectivity index (χ0v) is 9.79. The first-order chi connectivity index (χ1) is 8.90. The topological polar surface area (TPSA) is 47.9 Å². The maximum atomic E-state index is 5.29. The van der Waals surface area contributed by atoms with Gasteiger partial charge in [-0.25, -0.2) is 15.0 Å². The van der Waals surface area contributed by atoms with Crippen molar-refractivity contribution in [3.05, 3.63) is 48.9 Å². The monoisotopic (exact) mass is 236 g/mol. The molecule has 0 aliphatic heterocycles. The number of hydrogen-bond donors (Lipinski definition) is 0. The van der Waals surface area contributed by atoms with E-state index in [-0.39, 0.29) is 0 Å². The van der Waals surface area contributed by atoms with Gasteiger partial charge in [-0.1, -0.05) is 24.3 Å². The van der Waals surface area contributed by atoms with E-state index in [4.69, 9.17) is 4.74 Å². The predicted octanol–water partition coefficient (Wildman–Crippen LogP) is 2.50. The summed E-state index contributed by atoms with van der Waals surface area (Å²) in [4.78, 5) is 12.7. The van der Waals surface area contributed by atoms with Crippen LogP contribution < -0.4 is 4.74 Å². The van der Waals surface area contributed by atoms with Crippen LogP contribution >= 0.6 is 0 Å². The van der Waals surface area contributed by atoms with E-state index in [0.717, 1.165) is 16.3 Å². The molecule has 2 heterocycles. The zero-order chi connectivity index (χ0) is 12.4. The molecule has 18 heavy (non-hydrogen) atoms. The van der Waals surface area contributed by atoms with Crippen molar-refractivity contribution >= 4 is 10.8 Å². The highest BCUT2D eigenvalue weighted by atomic mass is 16.5. The lowest BCUT2D eigenvalue weighted by Crippen LogP contribution is -1.96. The van der Waals surface area contributed by atoms with E-state index in [2.05, 4.69) is 21.1 Å². The number of benzene rings is 1. The molecule has 0 bridgehead atoms. The molecule has 0 aliphatic rings. The summed E-state index contributed by atoms with van der Waals surface area (Å²) in [5.74, 6) is 1.09. The maximum absolute atomic E-state index is 5.29. The van der Waals surface area contributed by atoms with Gasteiger partial charge in [0.15, 0.2) is 5.82 Å². The number of aromatic nitrogens is 3. The van der Waals surface area contributed by atoms with Crippen molar-refractivity contribution in [2.45, 2.75) is 0 Å². The van der Waals surface area contributed by atoms with Gasteiger partial charge in [-0.05, 0) is 6.07 Å². The number of nitrogens with zero attached hydrogens (tertiary/aromatic N) is 3.